The Morgan fingerprint density at radius 3 is 2.50 bits per heavy atom. The summed E-state index contributed by atoms with van der Waals surface area (Å²) in [5.74, 6) is -0.175. The number of benzene rings is 2. The molecular weight excluding hydrogens is 378 g/mol. The molecule has 7 heteroatoms. The lowest BCUT2D eigenvalue weighted by Crippen LogP contribution is -2.33. The Balaban J connectivity index is 1.65. The van der Waals surface area contributed by atoms with Crippen molar-refractivity contribution in [2.45, 2.75) is 39.2 Å². The van der Waals surface area contributed by atoms with E-state index in [2.05, 4.69) is 27.7 Å². The van der Waals surface area contributed by atoms with Crippen molar-refractivity contribution in [1.29, 1.82) is 0 Å². The van der Waals surface area contributed by atoms with Crippen LogP contribution in [0.25, 0.3) is 22.5 Å². The highest BCUT2D eigenvalue weighted by atomic mass is 16.2. The van der Waals surface area contributed by atoms with E-state index in [1.807, 2.05) is 48.5 Å². The van der Waals surface area contributed by atoms with Crippen molar-refractivity contribution in [3.8, 4) is 22.5 Å². The second-order valence-corrected chi connectivity index (χ2v) is 7.38. The Kier molecular flexibility index (Phi) is 5.88. The summed E-state index contributed by atoms with van der Waals surface area (Å²) in [4.78, 5) is 27.1. The summed E-state index contributed by atoms with van der Waals surface area (Å²) in [6, 6.07) is 15.6. The molecule has 1 aromatic heterocycles. The molecule has 7 nitrogen and oxygen atoms in total. The summed E-state index contributed by atoms with van der Waals surface area (Å²) >= 11 is 0. The third kappa shape index (κ3) is 3.96. The number of unbranched alkanes of at least 4 members (excludes halogenated alkanes) is 1. The Morgan fingerprint density at radius 2 is 1.70 bits per heavy atom. The molecule has 0 radical (unpaired) electrons. The molecule has 0 aliphatic carbocycles. The molecule has 0 saturated heterocycles. The topological polar surface area (TPSA) is 91.0 Å². The predicted octanol–water partition coefficient (Wildman–Crippen LogP) is 3.68. The van der Waals surface area contributed by atoms with E-state index < -0.39 is 0 Å². The fourth-order valence-corrected chi connectivity index (χ4v) is 3.73. The van der Waals surface area contributed by atoms with Gasteiger partial charge in [-0.25, -0.2) is 0 Å². The molecular formula is C23H25N5O2. The highest BCUT2D eigenvalue weighted by Crippen LogP contribution is 2.39. The lowest BCUT2D eigenvalue weighted by Gasteiger charge is -2.28. The quantitative estimate of drug-likeness (QED) is 0.614. The molecule has 0 atom stereocenters. The van der Waals surface area contributed by atoms with Gasteiger partial charge in [0.15, 0.2) is 0 Å². The van der Waals surface area contributed by atoms with Crippen molar-refractivity contribution in [3.05, 3.63) is 54.1 Å². The zero-order valence-corrected chi connectivity index (χ0v) is 17.0. The monoisotopic (exact) mass is 403 g/mol. The van der Waals surface area contributed by atoms with Crippen LogP contribution in [-0.2, 0) is 16.1 Å². The van der Waals surface area contributed by atoms with Crippen LogP contribution in [0.4, 0.5) is 5.69 Å². The van der Waals surface area contributed by atoms with Gasteiger partial charge < -0.3 is 10.2 Å². The SMILES string of the molecule is CCCCNC(=O)CCC(=O)N1Cc2ccccc2-c2n[nH]nc2-c2ccccc21. The molecule has 0 unspecified atom stereocenters. The second-order valence-electron chi connectivity index (χ2n) is 7.38. The average Bonchev–Trinajstić information content (AvgIpc) is 3.24. The lowest BCUT2D eigenvalue weighted by atomic mass is 9.95. The molecule has 1 aliphatic heterocycles. The Hall–Kier alpha value is -3.48. The van der Waals surface area contributed by atoms with Crippen LogP contribution in [0.5, 0.6) is 0 Å². The smallest absolute Gasteiger partial charge is 0.227 e. The number of para-hydroxylation sites is 1. The molecule has 154 valence electrons. The highest BCUT2D eigenvalue weighted by Gasteiger charge is 2.27. The van der Waals surface area contributed by atoms with Gasteiger partial charge in [0.05, 0.1) is 12.2 Å². The summed E-state index contributed by atoms with van der Waals surface area (Å²) in [5.41, 5.74) is 5.05. The minimum absolute atomic E-state index is 0.0867. The van der Waals surface area contributed by atoms with Crippen LogP contribution in [0.3, 0.4) is 0 Å². The van der Waals surface area contributed by atoms with Gasteiger partial charge in [-0.15, -0.1) is 0 Å². The predicted molar refractivity (Wildman–Crippen MR) is 116 cm³/mol. The fraction of sp³-hybridized carbons (Fsp3) is 0.304. The molecule has 3 aromatic rings. The van der Waals surface area contributed by atoms with Gasteiger partial charge in [0.25, 0.3) is 0 Å². The maximum absolute atomic E-state index is 13.2. The van der Waals surface area contributed by atoms with Gasteiger partial charge >= 0.3 is 0 Å². The van der Waals surface area contributed by atoms with Gasteiger partial charge in [-0.05, 0) is 18.1 Å². The van der Waals surface area contributed by atoms with Gasteiger partial charge in [0, 0.05) is 30.5 Å². The zero-order chi connectivity index (χ0) is 20.9. The number of aromatic amines is 1. The minimum Gasteiger partial charge on any atom is -0.356 e. The Labute approximate surface area is 175 Å². The van der Waals surface area contributed by atoms with E-state index in [0.717, 1.165) is 40.9 Å². The first-order valence-corrected chi connectivity index (χ1v) is 10.3. The van der Waals surface area contributed by atoms with Crippen molar-refractivity contribution < 1.29 is 9.59 Å². The number of carbonyl (C=O) groups is 2. The van der Waals surface area contributed by atoms with E-state index in [9.17, 15) is 9.59 Å². The van der Waals surface area contributed by atoms with Crippen molar-refractivity contribution >= 4 is 17.5 Å². The number of carbonyl (C=O) groups excluding carboxylic acids is 2. The van der Waals surface area contributed by atoms with Gasteiger partial charge in [0.1, 0.15) is 11.4 Å². The maximum atomic E-state index is 13.2. The van der Waals surface area contributed by atoms with E-state index in [1.54, 1.807) is 4.90 Å². The largest absolute Gasteiger partial charge is 0.356 e. The van der Waals surface area contributed by atoms with Crippen LogP contribution >= 0.6 is 0 Å². The number of anilines is 1. The Bertz CT molecular complexity index is 1060. The molecule has 1 aliphatic rings. The van der Waals surface area contributed by atoms with Gasteiger partial charge in [-0.2, -0.15) is 15.4 Å². The third-order valence-corrected chi connectivity index (χ3v) is 5.32. The van der Waals surface area contributed by atoms with E-state index >= 15 is 0 Å². The van der Waals surface area contributed by atoms with Crippen molar-refractivity contribution in [2.75, 3.05) is 11.4 Å². The van der Waals surface area contributed by atoms with Crippen LogP contribution in [0.15, 0.2) is 48.5 Å². The summed E-state index contributed by atoms with van der Waals surface area (Å²) in [5, 5.41) is 14.3. The van der Waals surface area contributed by atoms with Gasteiger partial charge in [-0.1, -0.05) is 55.8 Å². The van der Waals surface area contributed by atoms with Crippen molar-refractivity contribution in [2.24, 2.45) is 0 Å². The molecule has 0 bridgehead atoms. The zero-order valence-electron chi connectivity index (χ0n) is 17.0. The van der Waals surface area contributed by atoms with E-state index in [0.29, 0.717) is 18.8 Å². The second kappa shape index (κ2) is 8.90. The number of rotatable bonds is 6. The van der Waals surface area contributed by atoms with Crippen molar-refractivity contribution in [1.82, 2.24) is 20.7 Å². The number of hydrogen-bond donors (Lipinski definition) is 2. The third-order valence-electron chi connectivity index (χ3n) is 5.32. The molecule has 0 fully saturated rings. The van der Waals surface area contributed by atoms with Crippen molar-refractivity contribution in [3.63, 3.8) is 0 Å². The molecule has 2 amide bonds. The van der Waals surface area contributed by atoms with E-state index in [4.69, 9.17) is 0 Å². The summed E-state index contributed by atoms with van der Waals surface area (Å²) in [6.07, 6.45) is 2.29. The van der Waals surface area contributed by atoms with E-state index in [-0.39, 0.29) is 24.7 Å². The Morgan fingerprint density at radius 1 is 1.00 bits per heavy atom. The van der Waals surface area contributed by atoms with Crippen LogP contribution in [0, 0.1) is 0 Å². The molecule has 2 heterocycles. The fourth-order valence-electron chi connectivity index (χ4n) is 3.73. The molecule has 2 N–H and O–H groups in total. The first-order chi connectivity index (χ1) is 14.7. The van der Waals surface area contributed by atoms with Crippen LogP contribution < -0.4 is 10.2 Å². The molecule has 4 rings (SSSR count). The average molecular weight is 403 g/mol. The van der Waals surface area contributed by atoms with E-state index in [1.165, 1.54) is 0 Å². The summed E-state index contributed by atoms with van der Waals surface area (Å²) < 4.78 is 0. The molecule has 0 spiro atoms. The van der Waals surface area contributed by atoms with Gasteiger partial charge in [-0.3, -0.25) is 9.59 Å². The first-order valence-electron chi connectivity index (χ1n) is 10.3. The normalized spacial score (nSPS) is 12.2. The number of H-pyrrole nitrogens is 1. The lowest BCUT2D eigenvalue weighted by molar-refractivity contribution is -0.125. The first kappa shape index (κ1) is 19.8. The number of hydrogen-bond acceptors (Lipinski definition) is 4. The standard InChI is InChI=1S/C23H25N5O2/c1-2-3-14-24-20(29)12-13-21(30)28-15-16-8-4-5-9-17(16)22-23(26-27-25-22)18-10-6-7-11-19(18)28/h4-11H,2-3,12-15H2,1H3,(H,24,29)(H,25,26,27). The van der Waals surface area contributed by atoms with Gasteiger partial charge in [0.2, 0.25) is 11.8 Å². The highest BCUT2D eigenvalue weighted by molar-refractivity contribution is 6.01. The van der Waals surface area contributed by atoms with Crippen LogP contribution in [-0.4, -0.2) is 33.8 Å². The number of amides is 2. The number of fused-ring (bicyclic) bond motifs is 5. The van der Waals surface area contributed by atoms with Crippen LogP contribution in [0.2, 0.25) is 0 Å². The minimum atomic E-state index is -0.0881. The summed E-state index contributed by atoms with van der Waals surface area (Å²) in [6.45, 7) is 3.14. The number of nitrogens with one attached hydrogen (secondary N) is 2. The maximum Gasteiger partial charge on any atom is 0.227 e. The number of aromatic nitrogens is 3. The van der Waals surface area contributed by atoms with Crippen LogP contribution in [0.1, 0.15) is 38.2 Å². The number of nitrogens with zero attached hydrogens (tertiary/aromatic N) is 3. The molecule has 0 saturated carbocycles. The summed E-state index contributed by atoms with van der Waals surface area (Å²) in [7, 11) is 0. The molecule has 2 aromatic carbocycles. The molecule has 30 heavy (non-hydrogen) atoms.